The maximum Gasteiger partial charge on any atom is 0.475 e. The Morgan fingerprint density at radius 3 is 2.12 bits per heavy atom. The summed E-state index contributed by atoms with van der Waals surface area (Å²) < 4.78 is 0. The highest BCUT2D eigenvalue weighted by molar-refractivity contribution is 6.43. The molecule has 2 fully saturated rings. The molecule has 0 bridgehead atoms. The summed E-state index contributed by atoms with van der Waals surface area (Å²) in [6.07, 6.45) is 6.17. The van der Waals surface area contributed by atoms with Crippen LogP contribution in [0.1, 0.15) is 69.9 Å². The highest BCUT2D eigenvalue weighted by Crippen LogP contribution is 2.44. The number of carbonyl (C=O) groups is 3. The van der Waals surface area contributed by atoms with Crippen LogP contribution in [0.4, 0.5) is 0 Å². The summed E-state index contributed by atoms with van der Waals surface area (Å²) in [5.41, 5.74) is 1.27. The Labute approximate surface area is 254 Å². The molecule has 2 aromatic rings. The van der Waals surface area contributed by atoms with Crippen molar-refractivity contribution in [2.24, 2.45) is 17.3 Å². The minimum Gasteiger partial charge on any atom is -0.426 e. The first kappa shape index (κ1) is 32.0. The van der Waals surface area contributed by atoms with Crippen molar-refractivity contribution in [3.63, 3.8) is 0 Å². The van der Waals surface area contributed by atoms with E-state index < -0.39 is 42.4 Å². The minimum absolute atomic E-state index is 0.0116. The minimum atomic E-state index is -1.69. The van der Waals surface area contributed by atoms with Crippen LogP contribution >= 0.6 is 11.6 Å². The molecule has 2 aliphatic rings. The fraction of sp³-hybridized carbons (Fsp3) is 0.531. The summed E-state index contributed by atoms with van der Waals surface area (Å²) in [6.45, 7) is 3.90. The quantitative estimate of drug-likeness (QED) is 0.213. The van der Waals surface area contributed by atoms with E-state index in [0.29, 0.717) is 17.9 Å². The van der Waals surface area contributed by atoms with Gasteiger partial charge in [-0.05, 0) is 73.6 Å². The predicted octanol–water partition coefficient (Wildman–Crippen LogP) is 3.61. The van der Waals surface area contributed by atoms with Gasteiger partial charge in [0.05, 0.1) is 11.4 Å². The maximum absolute atomic E-state index is 13.8. The lowest BCUT2D eigenvalue weighted by atomic mass is 9.64. The predicted molar refractivity (Wildman–Crippen MR) is 164 cm³/mol. The zero-order valence-corrected chi connectivity index (χ0v) is 25.3. The molecule has 2 aromatic carbocycles. The van der Waals surface area contributed by atoms with Gasteiger partial charge < -0.3 is 26.0 Å². The Bertz CT molecular complexity index is 1220. The van der Waals surface area contributed by atoms with Crippen LogP contribution in [0.3, 0.4) is 0 Å². The van der Waals surface area contributed by atoms with Gasteiger partial charge in [-0.15, -0.1) is 0 Å². The SMILES string of the molecule is CC(C)C[C@H](NC(=O)[C@H](Cc1cccc(Cl)c1)NC(=O)C1(Cc2ccccc2)CCC1)C(=O)N[C@H](B(O)O)C1CCC1. The van der Waals surface area contributed by atoms with E-state index in [4.69, 9.17) is 11.6 Å². The lowest BCUT2D eigenvalue weighted by molar-refractivity contribution is -0.140. The first-order chi connectivity index (χ1) is 20.1. The highest BCUT2D eigenvalue weighted by Gasteiger charge is 2.45. The average Bonchev–Trinajstić information content (AvgIpc) is 2.88. The molecule has 3 atom stereocenters. The molecule has 3 amide bonds. The number of benzene rings is 2. The van der Waals surface area contributed by atoms with E-state index >= 15 is 0 Å². The third kappa shape index (κ3) is 8.36. The molecule has 0 aromatic heterocycles. The lowest BCUT2D eigenvalue weighted by Gasteiger charge is -2.41. The van der Waals surface area contributed by atoms with E-state index in [9.17, 15) is 24.4 Å². The summed E-state index contributed by atoms with van der Waals surface area (Å²) in [5.74, 6) is -1.83. The number of nitrogens with one attached hydrogen (secondary N) is 3. The van der Waals surface area contributed by atoms with Crippen molar-refractivity contribution in [3.8, 4) is 0 Å². The van der Waals surface area contributed by atoms with Crippen LogP contribution in [-0.2, 0) is 27.2 Å². The average molecular weight is 596 g/mol. The topological polar surface area (TPSA) is 128 Å². The van der Waals surface area contributed by atoms with Crippen molar-refractivity contribution in [3.05, 3.63) is 70.7 Å². The molecule has 0 spiro atoms. The molecule has 42 heavy (non-hydrogen) atoms. The monoisotopic (exact) mass is 595 g/mol. The second-order valence-electron chi connectivity index (χ2n) is 12.5. The fourth-order valence-electron chi connectivity index (χ4n) is 5.97. The van der Waals surface area contributed by atoms with Gasteiger partial charge in [0.1, 0.15) is 12.1 Å². The van der Waals surface area contributed by atoms with Crippen molar-refractivity contribution < 1.29 is 24.4 Å². The van der Waals surface area contributed by atoms with E-state index in [1.165, 1.54) is 0 Å². The number of amides is 3. The largest absolute Gasteiger partial charge is 0.475 e. The molecule has 8 nitrogen and oxygen atoms in total. The van der Waals surface area contributed by atoms with Gasteiger partial charge in [0.15, 0.2) is 0 Å². The number of hydrogen-bond donors (Lipinski definition) is 5. The van der Waals surface area contributed by atoms with E-state index in [1.54, 1.807) is 18.2 Å². The molecule has 0 saturated heterocycles. The Kier molecular flexibility index (Phi) is 11.1. The van der Waals surface area contributed by atoms with Crippen molar-refractivity contribution >= 4 is 36.4 Å². The number of halogens is 1. The summed E-state index contributed by atoms with van der Waals surface area (Å²) in [6, 6.07) is 15.2. The Balaban J connectivity index is 1.52. The summed E-state index contributed by atoms with van der Waals surface area (Å²) in [7, 11) is -1.69. The molecule has 2 aliphatic carbocycles. The first-order valence-electron chi connectivity index (χ1n) is 15.1. The Morgan fingerprint density at radius 1 is 0.905 bits per heavy atom. The van der Waals surface area contributed by atoms with Crippen molar-refractivity contribution in [1.29, 1.82) is 0 Å². The molecular weight excluding hydrogens is 553 g/mol. The molecular formula is C32H43BClN3O5. The lowest BCUT2D eigenvalue weighted by Crippen LogP contribution is -2.60. The molecule has 2 saturated carbocycles. The van der Waals surface area contributed by atoms with Gasteiger partial charge in [-0.3, -0.25) is 14.4 Å². The maximum atomic E-state index is 13.8. The third-order valence-corrected chi connectivity index (χ3v) is 8.99. The number of carbonyl (C=O) groups excluding carboxylic acids is 3. The molecule has 0 unspecified atom stereocenters. The van der Waals surface area contributed by atoms with Gasteiger partial charge in [-0.1, -0.05) is 80.8 Å². The summed E-state index contributed by atoms with van der Waals surface area (Å²) >= 11 is 6.23. The van der Waals surface area contributed by atoms with Crippen LogP contribution in [0.25, 0.3) is 0 Å². The first-order valence-corrected chi connectivity index (χ1v) is 15.5. The van der Waals surface area contributed by atoms with Crippen LogP contribution in [0, 0.1) is 17.3 Å². The number of rotatable bonds is 14. The van der Waals surface area contributed by atoms with Gasteiger partial charge in [-0.25, -0.2) is 0 Å². The molecule has 0 aliphatic heterocycles. The smallest absolute Gasteiger partial charge is 0.426 e. The van der Waals surface area contributed by atoms with Crippen molar-refractivity contribution in [1.82, 2.24) is 16.0 Å². The zero-order valence-electron chi connectivity index (χ0n) is 24.5. The summed E-state index contributed by atoms with van der Waals surface area (Å²) in [4.78, 5) is 41.0. The van der Waals surface area contributed by atoms with Crippen LogP contribution in [-0.4, -0.2) is 52.9 Å². The third-order valence-electron chi connectivity index (χ3n) is 8.76. The van der Waals surface area contributed by atoms with Crippen LogP contribution in [0.15, 0.2) is 54.6 Å². The highest BCUT2D eigenvalue weighted by atomic mass is 35.5. The molecule has 226 valence electrons. The zero-order chi connectivity index (χ0) is 30.3. The molecule has 10 heteroatoms. The van der Waals surface area contributed by atoms with E-state index in [2.05, 4.69) is 16.0 Å². The second kappa shape index (κ2) is 14.5. The van der Waals surface area contributed by atoms with Gasteiger partial charge in [0, 0.05) is 11.4 Å². The molecule has 0 radical (unpaired) electrons. The van der Waals surface area contributed by atoms with E-state index in [0.717, 1.165) is 49.7 Å². The van der Waals surface area contributed by atoms with Crippen LogP contribution < -0.4 is 16.0 Å². The van der Waals surface area contributed by atoms with Gasteiger partial charge in [0.25, 0.3) is 0 Å². The molecule has 4 rings (SSSR count). The van der Waals surface area contributed by atoms with Crippen molar-refractivity contribution in [2.45, 2.75) is 89.7 Å². The normalized spacial score (nSPS) is 18.1. The van der Waals surface area contributed by atoms with Gasteiger partial charge in [0.2, 0.25) is 17.7 Å². The van der Waals surface area contributed by atoms with Gasteiger partial charge in [-0.2, -0.15) is 0 Å². The molecule has 5 N–H and O–H groups in total. The van der Waals surface area contributed by atoms with Gasteiger partial charge >= 0.3 is 7.12 Å². The molecule has 0 heterocycles. The fourth-order valence-corrected chi connectivity index (χ4v) is 6.18. The number of hydrogen-bond acceptors (Lipinski definition) is 5. The Hall–Kier alpha value is -2.88. The standard InChI is InChI=1S/C32H43BClN3O5/c1-21(2)17-26(30(39)37-28(33(41)42)24-12-7-13-24)35-29(38)27(19-23-11-6-14-25(34)18-23)36-31(40)32(15-8-16-32)20-22-9-4-3-5-10-22/h3-6,9-11,14,18,21,24,26-28,41-42H,7-8,12-13,15-17,19-20H2,1-2H3,(H,35,38)(H,36,40)(H,37,39)/t26-,27-,28-/m0/s1. The van der Waals surface area contributed by atoms with Crippen LogP contribution in [0.5, 0.6) is 0 Å². The van der Waals surface area contributed by atoms with E-state index in [-0.39, 0.29) is 24.2 Å². The summed E-state index contributed by atoms with van der Waals surface area (Å²) in [5, 5.41) is 29.1. The van der Waals surface area contributed by atoms with E-state index in [1.807, 2.05) is 50.2 Å². The second-order valence-corrected chi connectivity index (χ2v) is 12.9. The Morgan fingerprint density at radius 2 is 1.57 bits per heavy atom. The van der Waals surface area contributed by atoms with Crippen molar-refractivity contribution in [2.75, 3.05) is 0 Å². The van der Waals surface area contributed by atoms with Crippen LogP contribution in [0.2, 0.25) is 5.02 Å².